The van der Waals surface area contributed by atoms with Crippen LogP contribution in [0, 0.1) is 11.3 Å². The van der Waals surface area contributed by atoms with Crippen molar-refractivity contribution in [2.24, 2.45) is 0 Å². The van der Waals surface area contributed by atoms with E-state index in [0.717, 1.165) is 16.9 Å². The number of nitrogens with one attached hydrogen (secondary N) is 1. The number of hydrogen-bond acceptors (Lipinski definition) is 5. The zero-order chi connectivity index (χ0) is 23.3. The maximum absolute atomic E-state index is 12.6. The van der Waals surface area contributed by atoms with Gasteiger partial charge in [0.05, 0.1) is 14.2 Å². The van der Waals surface area contributed by atoms with Crippen molar-refractivity contribution in [3.05, 3.63) is 77.0 Å². The number of benzene rings is 2. The second kappa shape index (κ2) is 9.61. The fraction of sp³-hybridized carbons (Fsp3) is 0.308. The van der Waals surface area contributed by atoms with Gasteiger partial charge in [-0.1, -0.05) is 38.1 Å². The molecule has 32 heavy (non-hydrogen) atoms. The molecule has 0 fully saturated rings. The molecule has 0 unspecified atom stereocenters. The first kappa shape index (κ1) is 23.0. The number of anilines is 1. The summed E-state index contributed by atoms with van der Waals surface area (Å²) in [5.74, 6) is 0.913. The summed E-state index contributed by atoms with van der Waals surface area (Å²) in [5.41, 5.74) is 4.25. The summed E-state index contributed by atoms with van der Waals surface area (Å²) < 4.78 is 10.6. The predicted molar refractivity (Wildman–Crippen MR) is 126 cm³/mol. The lowest BCUT2D eigenvalue weighted by Crippen LogP contribution is -2.27. The van der Waals surface area contributed by atoms with E-state index in [1.165, 1.54) is 5.56 Å². The lowest BCUT2D eigenvalue weighted by Gasteiger charge is -2.23. The molecule has 0 saturated carbocycles. The fourth-order valence-corrected chi connectivity index (χ4v) is 4.08. The number of rotatable bonds is 7. The van der Waals surface area contributed by atoms with Gasteiger partial charge in [0.25, 0.3) is 5.91 Å². The molecular weight excluding hydrogens is 402 g/mol. The summed E-state index contributed by atoms with van der Waals surface area (Å²) >= 11 is 0. The van der Waals surface area contributed by atoms with E-state index in [0.29, 0.717) is 24.5 Å². The number of ether oxygens (including phenoxy) is 2. The van der Waals surface area contributed by atoms with Crippen LogP contribution in [0.1, 0.15) is 25.0 Å². The molecule has 1 amide bonds. The normalized spacial score (nSPS) is 15.8. The van der Waals surface area contributed by atoms with Gasteiger partial charge in [-0.25, -0.2) is 0 Å². The molecule has 0 saturated heterocycles. The molecule has 0 spiro atoms. The van der Waals surface area contributed by atoms with Crippen LogP contribution in [0.4, 0.5) is 5.69 Å². The van der Waals surface area contributed by atoms with E-state index in [2.05, 4.69) is 36.2 Å². The number of carbonyl (C=O) groups excluding carboxylic acids is 1. The minimum atomic E-state index is -0.388. The molecule has 0 atom stereocenters. The number of allylic oxidation sites excluding steroid dienone is 3. The maximum Gasteiger partial charge on any atom is 0.261 e. The largest absolute Gasteiger partial charge is 0.493 e. The van der Waals surface area contributed by atoms with Crippen molar-refractivity contribution >= 4 is 11.6 Å². The molecule has 1 aliphatic heterocycles. The molecule has 2 aromatic carbocycles. The summed E-state index contributed by atoms with van der Waals surface area (Å²) in [5, 5.41) is 12.4. The highest BCUT2D eigenvalue weighted by atomic mass is 16.5. The number of methoxy groups -OCH3 is 2. The van der Waals surface area contributed by atoms with Crippen LogP contribution in [0.15, 0.2) is 65.9 Å². The summed E-state index contributed by atoms with van der Waals surface area (Å²) in [6.45, 7) is 4.69. The average molecular weight is 432 g/mol. The zero-order valence-electron chi connectivity index (χ0n) is 19.2. The second-order valence-electron chi connectivity index (χ2n) is 8.14. The van der Waals surface area contributed by atoms with Gasteiger partial charge in [-0.3, -0.25) is 4.79 Å². The standard InChI is InChI=1S/C26H29N3O3/c1-26(2)20-8-6-7-9-21(20)29(3)24(26)13-11-19(17-27)25(30)28-15-14-18-10-12-22(31-4)23(16-18)32-5/h6-13,16H,14-15H2,1-5H3,(H,28,30). The van der Waals surface area contributed by atoms with Crippen molar-refractivity contribution in [3.8, 4) is 17.6 Å². The van der Waals surface area contributed by atoms with Crippen LogP contribution in [0.3, 0.4) is 0 Å². The quantitative estimate of drug-likeness (QED) is 0.527. The highest BCUT2D eigenvalue weighted by Crippen LogP contribution is 2.46. The Morgan fingerprint density at radius 1 is 1.16 bits per heavy atom. The van der Waals surface area contributed by atoms with Crippen LogP contribution in [0.2, 0.25) is 0 Å². The average Bonchev–Trinajstić information content (AvgIpc) is 2.99. The van der Waals surface area contributed by atoms with Crippen molar-refractivity contribution < 1.29 is 14.3 Å². The molecular formula is C26H29N3O3. The molecule has 0 aliphatic carbocycles. The van der Waals surface area contributed by atoms with Crippen molar-refractivity contribution in [2.75, 3.05) is 32.7 Å². The third kappa shape index (κ3) is 4.47. The molecule has 0 aromatic heterocycles. The Balaban J connectivity index is 1.68. The highest BCUT2D eigenvalue weighted by molar-refractivity contribution is 5.97. The Kier molecular flexibility index (Phi) is 6.89. The van der Waals surface area contributed by atoms with Gasteiger partial charge in [0.1, 0.15) is 11.6 Å². The number of nitriles is 1. The number of amides is 1. The molecule has 1 N–H and O–H groups in total. The number of carbonyl (C=O) groups is 1. The first-order valence-electron chi connectivity index (χ1n) is 10.5. The summed E-state index contributed by atoms with van der Waals surface area (Å²) in [7, 11) is 5.18. The Labute approximate surface area is 189 Å². The van der Waals surface area contributed by atoms with Crippen molar-refractivity contribution in [1.82, 2.24) is 5.32 Å². The van der Waals surface area contributed by atoms with Crippen LogP contribution in [-0.2, 0) is 16.6 Å². The summed E-state index contributed by atoms with van der Waals surface area (Å²) in [4.78, 5) is 14.7. The number of para-hydroxylation sites is 1. The molecule has 6 nitrogen and oxygen atoms in total. The molecule has 3 rings (SSSR count). The van der Waals surface area contributed by atoms with Crippen LogP contribution in [0.5, 0.6) is 11.5 Å². The minimum Gasteiger partial charge on any atom is -0.493 e. The third-order valence-electron chi connectivity index (χ3n) is 5.86. The molecule has 0 radical (unpaired) electrons. The van der Waals surface area contributed by atoms with E-state index in [9.17, 15) is 10.1 Å². The van der Waals surface area contributed by atoms with E-state index in [1.54, 1.807) is 20.3 Å². The van der Waals surface area contributed by atoms with Gasteiger partial charge in [-0.15, -0.1) is 0 Å². The smallest absolute Gasteiger partial charge is 0.261 e. The minimum absolute atomic E-state index is 0.0740. The van der Waals surface area contributed by atoms with E-state index >= 15 is 0 Å². The topological polar surface area (TPSA) is 74.6 Å². The van der Waals surface area contributed by atoms with Gasteiger partial charge in [-0.2, -0.15) is 5.26 Å². The van der Waals surface area contributed by atoms with E-state index in [1.807, 2.05) is 49.5 Å². The number of likely N-dealkylation sites (N-methyl/N-ethyl adjacent to an activating group) is 1. The fourth-order valence-electron chi connectivity index (χ4n) is 4.08. The highest BCUT2D eigenvalue weighted by Gasteiger charge is 2.37. The second-order valence-corrected chi connectivity index (χ2v) is 8.14. The Morgan fingerprint density at radius 3 is 2.53 bits per heavy atom. The van der Waals surface area contributed by atoms with E-state index in [4.69, 9.17) is 9.47 Å². The number of hydrogen-bond donors (Lipinski definition) is 1. The van der Waals surface area contributed by atoms with Gasteiger partial charge in [0.2, 0.25) is 0 Å². The van der Waals surface area contributed by atoms with Gasteiger partial charge >= 0.3 is 0 Å². The van der Waals surface area contributed by atoms with Gasteiger partial charge in [0, 0.05) is 30.4 Å². The zero-order valence-corrected chi connectivity index (χ0v) is 19.2. The van der Waals surface area contributed by atoms with E-state index in [-0.39, 0.29) is 16.9 Å². The Bertz CT molecular complexity index is 1110. The molecule has 6 heteroatoms. The van der Waals surface area contributed by atoms with Crippen molar-refractivity contribution in [2.45, 2.75) is 25.7 Å². The van der Waals surface area contributed by atoms with Gasteiger partial charge in [0.15, 0.2) is 11.5 Å². The van der Waals surface area contributed by atoms with Crippen LogP contribution >= 0.6 is 0 Å². The SMILES string of the molecule is COc1ccc(CCNC(=O)C(C#N)=CC=C2N(C)c3ccccc3C2(C)C)cc1OC. The van der Waals surface area contributed by atoms with Gasteiger partial charge in [-0.05, 0) is 47.9 Å². The van der Waals surface area contributed by atoms with Gasteiger partial charge < -0.3 is 19.7 Å². The predicted octanol–water partition coefficient (Wildman–Crippen LogP) is 4.12. The van der Waals surface area contributed by atoms with Crippen molar-refractivity contribution in [3.63, 3.8) is 0 Å². The first-order valence-corrected chi connectivity index (χ1v) is 10.5. The lowest BCUT2D eigenvalue weighted by molar-refractivity contribution is -0.117. The summed E-state index contributed by atoms with van der Waals surface area (Å²) in [6, 6.07) is 15.9. The van der Waals surface area contributed by atoms with Crippen molar-refractivity contribution in [1.29, 1.82) is 5.26 Å². The number of fused-ring (bicyclic) bond motifs is 1. The molecule has 166 valence electrons. The van der Waals surface area contributed by atoms with Crippen LogP contribution < -0.4 is 19.7 Å². The maximum atomic E-state index is 12.6. The number of nitrogens with zero attached hydrogens (tertiary/aromatic N) is 2. The van der Waals surface area contributed by atoms with Crippen LogP contribution in [0.25, 0.3) is 0 Å². The molecule has 2 aromatic rings. The molecule has 1 heterocycles. The third-order valence-corrected chi connectivity index (χ3v) is 5.86. The molecule has 1 aliphatic rings. The van der Waals surface area contributed by atoms with E-state index < -0.39 is 0 Å². The monoisotopic (exact) mass is 431 g/mol. The Hall–Kier alpha value is -3.72. The lowest BCUT2D eigenvalue weighted by atomic mass is 9.83. The summed E-state index contributed by atoms with van der Waals surface area (Å²) in [6.07, 6.45) is 4.08. The molecule has 0 bridgehead atoms. The first-order chi connectivity index (χ1) is 15.3. The Morgan fingerprint density at radius 2 is 1.88 bits per heavy atom. The van der Waals surface area contributed by atoms with Crippen LogP contribution in [-0.4, -0.2) is 33.7 Å².